The zero-order valence-electron chi connectivity index (χ0n) is 11.6. The minimum absolute atomic E-state index is 0.251. The Morgan fingerprint density at radius 2 is 1.89 bits per heavy atom. The molecule has 1 saturated heterocycles. The maximum atomic E-state index is 5.80. The molecule has 1 aromatic carbocycles. The van der Waals surface area contributed by atoms with Crippen LogP contribution in [0.3, 0.4) is 0 Å². The molecule has 0 aromatic heterocycles. The number of hydrogen-bond donors (Lipinski definition) is 1. The molecule has 4 heteroatoms. The van der Waals surface area contributed by atoms with Crippen LogP contribution in [0.25, 0.3) is 0 Å². The fraction of sp³-hybridized carbons (Fsp3) is 0.533. The minimum atomic E-state index is 0.251. The van der Waals surface area contributed by atoms with Crippen molar-refractivity contribution >= 4 is 17.2 Å². The Hall–Kier alpha value is -0.970. The Bertz CT molecular complexity index is 413. The number of morpholine rings is 1. The number of thiocarbonyl (C=S) groups is 1. The molecule has 1 aliphatic heterocycles. The number of nitrogens with zero attached hydrogens (tertiary/aromatic N) is 1. The Balaban J connectivity index is 2.20. The van der Waals surface area contributed by atoms with Crippen molar-refractivity contribution in [2.45, 2.75) is 38.5 Å². The molecule has 3 atom stereocenters. The second kappa shape index (κ2) is 6.46. The Morgan fingerprint density at radius 3 is 2.42 bits per heavy atom. The van der Waals surface area contributed by atoms with Crippen molar-refractivity contribution in [2.24, 2.45) is 5.73 Å². The largest absolute Gasteiger partial charge is 0.393 e. The van der Waals surface area contributed by atoms with Gasteiger partial charge < -0.3 is 10.5 Å². The van der Waals surface area contributed by atoms with E-state index < -0.39 is 0 Å². The highest BCUT2D eigenvalue weighted by molar-refractivity contribution is 7.80. The predicted octanol–water partition coefficient (Wildman–Crippen LogP) is 2.51. The lowest BCUT2D eigenvalue weighted by Crippen LogP contribution is -2.47. The third-order valence-corrected chi connectivity index (χ3v) is 3.63. The molecule has 1 heterocycles. The molecule has 3 nitrogen and oxygen atoms in total. The van der Waals surface area contributed by atoms with Gasteiger partial charge in [0.15, 0.2) is 0 Å². The number of benzene rings is 1. The van der Waals surface area contributed by atoms with Gasteiger partial charge in [0.2, 0.25) is 0 Å². The molecular formula is C15H22N2OS. The predicted molar refractivity (Wildman–Crippen MR) is 82.2 cm³/mol. The van der Waals surface area contributed by atoms with Crippen molar-refractivity contribution in [3.63, 3.8) is 0 Å². The van der Waals surface area contributed by atoms with Crippen molar-refractivity contribution in [3.8, 4) is 0 Å². The lowest BCUT2D eigenvalue weighted by atomic mass is 10.00. The summed E-state index contributed by atoms with van der Waals surface area (Å²) in [6.07, 6.45) is 1.22. The SMILES string of the molecule is C[C@@H]1CN(C(CC(N)=S)c2ccccc2)C[C@H](C)O1. The summed E-state index contributed by atoms with van der Waals surface area (Å²) in [7, 11) is 0. The van der Waals surface area contributed by atoms with Crippen molar-refractivity contribution in [2.75, 3.05) is 13.1 Å². The van der Waals surface area contributed by atoms with Crippen molar-refractivity contribution in [1.82, 2.24) is 4.90 Å². The fourth-order valence-corrected chi connectivity index (χ4v) is 2.95. The molecule has 2 N–H and O–H groups in total. The van der Waals surface area contributed by atoms with E-state index in [4.69, 9.17) is 22.7 Å². The second-order valence-corrected chi connectivity index (χ2v) is 5.83. The number of rotatable bonds is 4. The summed E-state index contributed by atoms with van der Waals surface area (Å²) in [5.41, 5.74) is 7.05. The highest BCUT2D eigenvalue weighted by Crippen LogP contribution is 2.27. The molecular weight excluding hydrogens is 256 g/mol. The molecule has 0 aliphatic carbocycles. The maximum Gasteiger partial charge on any atom is 0.0746 e. The van der Waals surface area contributed by atoms with E-state index >= 15 is 0 Å². The molecule has 2 rings (SSSR count). The van der Waals surface area contributed by atoms with Crippen molar-refractivity contribution in [1.29, 1.82) is 0 Å². The Kier molecular flexibility index (Phi) is 4.91. The molecule has 0 radical (unpaired) electrons. The third-order valence-electron chi connectivity index (χ3n) is 3.47. The second-order valence-electron chi connectivity index (χ2n) is 5.31. The van der Waals surface area contributed by atoms with Gasteiger partial charge in [-0.3, -0.25) is 4.90 Å². The van der Waals surface area contributed by atoms with Gasteiger partial charge in [-0.15, -0.1) is 0 Å². The summed E-state index contributed by atoms with van der Waals surface area (Å²) < 4.78 is 5.80. The Labute approximate surface area is 120 Å². The van der Waals surface area contributed by atoms with E-state index in [2.05, 4.69) is 43.0 Å². The van der Waals surface area contributed by atoms with E-state index in [0.29, 0.717) is 4.99 Å². The van der Waals surface area contributed by atoms with Crippen LogP contribution in [0.1, 0.15) is 31.9 Å². The fourth-order valence-electron chi connectivity index (χ4n) is 2.80. The molecule has 1 unspecified atom stereocenters. The average molecular weight is 278 g/mol. The number of nitrogens with two attached hydrogens (primary N) is 1. The van der Waals surface area contributed by atoms with Gasteiger partial charge in [0, 0.05) is 25.6 Å². The molecule has 1 aromatic rings. The van der Waals surface area contributed by atoms with E-state index in [0.717, 1.165) is 19.5 Å². The smallest absolute Gasteiger partial charge is 0.0746 e. The zero-order valence-corrected chi connectivity index (χ0v) is 12.4. The van der Waals surface area contributed by atoms with E-state index in [1.54, 1.807) is 0 Å². The van der Waals surface area contributed by atoms with Crippen molar-refractivity contribution in [3.05, 3.63) is 35.9 Å². The van der Waals surface area contributed by atoms with Gasteiger partial charge in [0.25, 0.3) is 0 Å². The van der Waals surface area contributed by atoms with Gasteiger partial charge in [0.05, 0.1) is 17.2 Å². The standard InChI is InChI=1S/C15H22N2OS/c1-11-9-17(10-12(2)18-11)14(8-15(16)19)13-6-4-3-5-7-13/h3-7,11-12,14H,8-10H2,1-2H3,(H2,16,19)/t11-,12+,14?. The first kappa shape index (κ1) is 14.4. The molecule has 19 heavy (non-hydrogen) atoms. The molecule has 0 spiro atoms. The number of ether oxygens (including phenoxy) is 1. The Morgan fingerprint density at radius 1 is 1.32 bits per heavy atom. The van der Waals surface area contributed by atoms with Crippen LogP contribution < -0.4 is 5.73 Å². The van der Waals surface area contributed by atoms with Gasteiger partial charge in [-0.2, -0.15) is 0 Å². The van der Waals surface area contributed by atoms with E-state index in [9.17, 15) is 0 Å². The van der Waals surface area contributed by atoms with Gasteiger partial charge >= 0.3 is 0 Å². The van der Waals surface area contributed by atoms with Gasteiger partial charge in [0.1, 0.15) is 0 Å². The molecule has 104 valence electrons. The molecule has 1 aliphatic rings. The number of hydrogen-bond acceptors (Lipinski definition) is 3. The van der Waals surface area contributed by atoms with Crippen LogP contribution in [0.2, 0.25) is 0 Å². The summed E-state index contributed by atoms with van der Waals surface area (Å²) in [5, 5.41) is 0. The van der Waals surface area contributed by atoms with Gasteiger partial charge in [-0.1, -0.05) is 42.5 Å². The molecule has 1 fully saturated rings. The van der Waals surface area contributed by atoms with Crippen LogP contribution in [0.5, 0.6) is 0 Å². The molecule has 0 bridgehead atoms. The third kappa shape index (κ3) is 4.00. The molecule has 0 amide bonds. The van der Waals surface area contributed by atoms with Crippen LogP contribution in [-0.2, 0) is 4.74 Å². The molecule has 0 saturated carbocycles. The normalized spacial score (nSPS) is 26.0. The minimum Gasteiger partial charge on any atom is -0.393 e. The van der Waals surface area contributed by atoms with Crippen LogP contribution in [-0.4, -0.2) is 35.2 Å². The van der Waals surface area contributed by atoms with Crippen molar-refractivity contribution < 1.29 is 4.74 Å². The quantitative estimate of drug-likeness (QED) is 0.859. The topological polar surface area (TPSA) is 38.5 Å². The monoisotopic (exact) mass is 278 g/mol. The highest BCUT2D eigenvalue weighted by atomic mass is 32.1. The van der Waals surface area contributed by atoms with Crippen LogP contribution in [0.15, 0.2) is 30.3 Å². The van der Waals surface area contributed by atoms with E-state index in [1.165, 1.54) is 5.56 Å². The van der Waals surface area contributed by atoms with Gasteiger partial charge in [-0.25, -0.2) is 0 Å². The maximum absolute atomic E-state index is 5.80. The zero-order chi connectivity index (χ0) is 13.8. The summed E-state index contributed by atoms with van der Waals surface area (Å²) in [6, 6.07) is 10.7. The van der Waals surface area contributed by atoms with Crippen LogP contribution in [0, 0.1) is 0 Å². The van der Waals surface area contributed by atoms with E-state index in [1.807, 2.05) is 6.07 Å². The van der Waals surface area contributed by atoms with Crippen LogP contribution in [0.4, 0.5) is 0 Å². The first-order chi connectivity index (χ1) is 9.06. The summed E-state index contributed by atoms with van der Waals surface area (Å²) in [5.74, 6) is 0. The first-order valence-electron chi connectivity index (χ1n) is 6.79. The lowest BCUT2D eigenvalue weighted by Gasteiger charge is -2.40. The van der Waals surface area contributed by atoms with E-state index in [-0.39, 0.29) is 18.2 Å². The average Bonchev–Trinajstić information content (AvgIpc) is 2.35. The van der Waals surface area contributed by atoms with Crippen LogP contribution >= 0.6 is 12.2 Å². The first-order valence-corrected chi connectivity index (χ1v) is 7.20. The summed E-state index contributed by atoms with van der Waals surface area (Å²) in [4.78, 5) is 3.01. The summed E-state index contributed by atoms with van der Waals surface area (Å²) in [6.45, 7) is 6.08. The highest BCUT2D eigenvalue weighted by Gasteiger charge is 2.29. The lowest BCUT2D eigenvalue weighted by molar-refractivity contribution is -0.0802. The summed E-state index contributed by atoms with van der Waals surface area (Å²) >= 11 is 5.12. The van der Waals surface area contributed by atoms with Gasteiger partial charge in [-0.05, 0) is 19.4 Å².